The molecule has 0 aliphatic carbocycles. The molecule has 1 rings (SSSR count). The van der Waals surface area contributed by atoms with Gasteiger partial charge in [-0.05, 0) is 18.2 Å². The predicted molar refractivity (Wildman–Crippen MR) is 48.6 cm³/mol. The fourth-order valence-corrected chi connectivity index (χ4v) is 1.68. The van der Waals surface area contributed by atoms with E-state index in [9.17, 15) is 18.0 Å². The van der Waals surface area contributed by atoms with Crippen molar-refractivity contribution in [2.24, 2.45) is 0 Å². The van der Waals surface area contributed by atoms with Crippen LogP contribution in [0.2, 0.25) is 0 Å². The van der Waals surface area contributed by atoms with Gasteiger partial charge in [-0.25, -0.2) is 4.79 Å². The van der Waals surface area contributed by atoms with Crippen LogP contribution in [0.3, 0.4) is 0 Å². The minimum Gasteiger partial charge on any atom is -0.478 e. The summed E-state index contributed by atoms with van der Waals surface area (Å²) in [6.07, 6.45) is 0.217. The Hall–Kier alpha value is -1.73. The second-order valence-corrected chi connectivity index (χ2v) is 4.04. The number of carboxylic acids is 1. The van der Waals surface area contributed by atoms with Crippen molar-refractivity contribution in [3.63, 3.8) is 0 Å². The summed E-state index contributed by atoms with van der Waals surface area (Å²) in [5.74, 6) is -1.35. The average molecular weight is 230 g/mol. The third-order valence-electron chi connectivity index (χ3n) is 1.67. The lowest BCUT2D eigenvalue weighted by Gasteiger charge is -2.02. The number of carboxylic acid groups (broad SMARTS) is 1. The van der Waals surface area contributed by atoms with Crippen LogP contribution in [0.5, 0.6) is 0 Å². The first-order chi connectivity index (χ1) is 6.86. The van der Waals surface area contributed by atoms with Crippen molar-refractivity contribution in [1.29, 1.82) is 0 Å². The molecular formula is C8H6O6S. The highest BCUT2D eigenvalue weighted by atomic mass is 32.2. The van der Waals surface area contributed by atoms with Crippen LogP contribution in [0.4, 0.5) is 0 Å². The molecule has 0 aliphatic rings. The van der Waals surface area contributed by atoms with Crippen LogP contribution in [0.25, 0.3) is 0 Å². The quantitative estimate of drug-likeness (QED) is 0.576. The molecule has 7 heteroatoms. The second-order valence-electron chi connectivity index (χ2n) is 2.65. The number of rotatable bonds is 3. The summed E-state index contributed by atoms with van der Waals surface area (Å²) in [5.41, 5.74) is -0.615. The SMILES string of the molecule is O=Cc1ccc(C(=O)O)cc1S(=O)(=O)O. The van der Waals surface area contributed by atoms with E-state index in [2.05, 4.69) is 0 Å². The minimum atomic E-state index is -4.60. The monoisotopic (exact) mass is 230 g/mol. The molecule has 0 bridgehead atoms. The van der Waals surface area contributed by atoms with Crippen LogP contribution in [0, 0.1) is 0 Å². The van der Waals surface area contributed by atoms with Gasteiger partial charge >= 0.3 is 5.97 Å². The normalized spacial score (nSPS) is 11.0. The summed E-state index contributed by atoms with van der Waals surface area (Å²) in [6.45, 7) is 0. The second kappa shape index (κ2) is 3.79. The van der Waals surface area contributed by atoms with Crippen LogP contribution in [-0.4, -0.2) is 30.3 Å². The molecule has 2 N–H and O–H groups in total. The Kier molecular flexibility index (Phi) is 2.87. The lowest BCUT2D eigenvalue weighted by molar-refractivity contribution is 0.0696. The zero-order chi connectivity index (χ0) is 11.6. The Balaban J connectivity index is 3.52. The highest BCUT2D eigenvalue weighted by Gasteiger charge is 2.17. The standard InChI is InChI=1S/C8H6O6S/c9-4-6-2-1-5(8(10)11)3-7(6)15(12,13)14/h1-4H,(H,10,11)(H,12,13,14). The van der Waals surface area contributed by atoms with E-state index in [0.717, 1.165) is 18.2 Å². The zero-order valence-electron chi connectivity index (χ0n) is 7.25. The van der Waals surface area contributed by atoms with Crippen molar-refractivity contribution in [2.75, 3.05) is 0 Å². The van der Waals surface area contributed by atoms with E-state index in [1.807, 2.05) is 0 Å². The summed E-state index contributed by atoms with van der Waals surface area (Å²) >= 11 is 0. The van der Waals surface area contributed by atoms with E-state index in [0.29, 0.717) is 0 Å². The van der Waals surface area contributed by atoms with Crippen molar-refractivity contribution in [2.45, 2.75) is 4.90 Å². The van der Waals surface area contributed by atoms with Crippen LogP contribution in [-0.2, 0) is 10.1 Å². The molecular weight excluding hydrogens is 224 g/mol. The molecule has 0 aromatic heterocycles. The van der Waals surface area contributed by atoms with E-state index in [1.165, 1.54) is 0 Å². The van der Waals surface area contributed by atoms with Crippen LogP contribution < -0.4 is 0 Å². The van der Waals surface area contributed by atoms with Gasteiger partial charge in [-0.15, -0.1) is 0 Å². The van der Waals surface area contributed by atoms with E-state index in [4.69, 9.17) is 9.66 Å². The molecule has 0 atom stereocenters. The Morgan fingerprint density at radius 3 is 2.33 bits per heavy atom. The highest BCUT2D eigenvalue weighted by molar-refractivity contribution is 7.86. The Bertz CT molecular complexity index is 516. The van der Waals surface area contributed by atoms with Gasteiger partial charge in [0.25, 0.3) is 10.1 Å². The van der Waals surface area contributed by atoms with Crippen LogP contribution >= 0.6 is 0 Å². The van der Waals surface area contributed by atoms with Gasteiger partial charge in [-0.2, -0.15) is 8.42 Å². The van der Waals surface area contributed by atoms with E-state index >= 15 is 0 Å². The van der Waals surface area contributed by atoms with Crippen molar-refractivity contribution in [3.8, 4) is 0 Å². The Labute approximate surface area is 84.9 Å². The number of benzene rings is 1. The minimum absolute atomic E-state index is 0.217. The lowest BCUT2D eigenvalue weighted by Crippen LogP contribution is -2.06. The van der Waals surface area contributed by atoms with E-state index < -0.39 is 21.0 Å². The van der Waals surface area contributed by atoms with Gasteiger partial charge < -0.3 is 5.11 Å². The molecule has 0 saturated carbocycles. The molecule has 0 spiro atoms. The molecule has 0 radical (unpaired) electrons. The first-order valence-electron chi connectivity index (χ1n) is 3.66. The number of hydrogen-bond donors (Lipinski definition) is 2. The topological polar surface area (TPSA) is 109 Å². The molecule has 1 aromatic rings. The van der Waals surface area contributed by atoms with Gasteiger partial charge in [0.05, 0.1) is 5.56 Å². The smallest absolute Gasteiger partial charge is 0.335 e. The van der Waals surface area contributed by atoms with Gasteiger partial charge in [0.1, 0.15) is 4.90 Å². The first kappa shape index (κ1) is 11.3. The third kappa shape index (κ3) is 2.39. The summed E-state index contributed by atoms with van der Waals surface area (Å²) in [6, 6.07) is 2.81. The maximum absolute atomic E-state index is 10.8. The lowest BCUT2D eigenvalue weighted by atomic mass is 10.1. The fraction of sp³-hybridized carbons (Fsp3) is 0. The molecule has 1 aromatic carbocycles. The van der Waals surface area contributed by atoms with Crippen LogP contribution in [0.15, 0.2) is 23.1 Å². The van der Waals surface area contributed by atoms with Gasteiger partial charge in [0.15, 0.2) is 6.29 Å². The number of aromatic carboxylic acids is 1. The molecule has 80 valence electrons. The van der Waals surface area contributed by atoms with Crippen molar-refractivity contribution >= 4 is 22.4 Å². The number of hydrogen-bond acceptors (Lipinski definition) is 4. The number of carbonyl (C=O) groups excluding carboxylic acids is 1. The Morgan fingerprint density at radius 2 is 1.93 bits per heavy atom. The molecule has 6 nitrogen and oxygen atoms in total. The fourth-order valence-electron chi connectivity index (χ4n) is 0.988. The molecule has 0 fully saturated rings. The maximum Gasteiger partial charge on any atom is 0.335 e. The third-order valence-corrected chi connectivity index (χ3v) is 2.57. The van der Waals surface area contributed by atoms with Crippen molar-refractivity contribution in [1.82, 2.24) is 0 Å². The van der Waals surface area contributed by atoms with Gasteiger partial charge in [0.2, 0.25) is 0 Å². The maximum atomic E-state index is 10.8. The van der Waals surface area contributed by atoms with Crippen molar-refractivity contribution < 1.29 is 27.7 Å². The molecule has 0 amide bonds. The largest absolute Gasteiger partial charge is 0.478 e. The van der Waals surface area contributed by atoms with Crippen molar-refractivity contribution in [3.05, 3.63) is 29.3 Å². The molecule has 0 heterocycles. The average Bonchev–Trinajstić information content (AvgIpc) is 2.15. The first-order valence-corrected chi connectivity index (χ1v) is 5.10. The molecule has 0 saturated heterocycles. The molecule has 15 heavy (non-hydrogen) atoms. The van der Waals surface area contributed by atoms with Gasteiger partial charge in [0, 0.05) is 5.56 Å². The predicted octanol–water partition coefficient (Wildman–Crippen LogP) is 0.444. The number of carbonyl (C=O) groups is 2. The van der Waals surface area contributed by atoms with E-state index in [1.54, 1.807) is 0 Å². The zero-order valence-corrected chi connectivity index (χ0v) is 8.06. The summed E-state index contributed by atoms with van der Waals surface area (Å²) in [5, 5.41) is 8.57. The highest BCUT2D eigenvalue weighted by Crippen LogP contribution is 2.16. The van der Waals surface area contributed by atoms with Crippen LogP contribution in [0.1, 0.15) is 20.7 Å². The molecule has 0 unspecified atom stereocenters. The van der Waals surface area contributed by atoms with E-state index in [-0.39, 0.29) is 17.4 Å². The molecule has 0 aliphatic heterocycles. The summed E-state index contributed by atoms with van der Waals surface area (Å²) in [4.78, 5) is 20.2. The van der Waals surface area contributed by atoms with Gasteiger partial charge in [-0.1, -0.05) is 0 Å². The summed E-state index contributed by atoms with van der Waals surface area (Å²) in [7, 11) is -4.60. The van der Waals surface area contributed by atoms with Gasteiger partial charge in [-0.3, -0.25) is 9.35 Å². The Morgan fingerprint density at radius 1 is 1.33 bits per heavy atom. The number of aldehydes is 1. The summed E-state index contributed by atoms with van der Waals surface area (Å²) < 4.78 is 30.3.